The van der Waals surface area contributed by atoms with Crippen LogP contribution in [0.1, 0.15) is 36.2 Å². The van der Waals surface area contributed by atoms with Crippen molar-refractivity contribution < 1.29 is 13.9 Å². The number of fused-ring (bicyclic) bond motifs is 1. The Kier molecular flexibility index (Phi) is 4.24. The van der Waals surface area contributed by atoms with Crippen LogP contribution in [0.2, 0.25) is 0 Å². The van der Waals surface area contributed by atoms with Crippen molar-refractivity contribution in [2.24, 2.45) is 0 Å². The van der Waals surface area contributed by atoms with Crippen LogP contribution in [-0.4, -0.2) is 41.5 Å². The zero-order valence-electron chi connectivity index (χ0n) is 12.0. The highest BCUT2D eigenvalue weighted by Crippen LogP contribution is 2.36. The van der Waals surface area contributed by atoms with Crippen LogP contribution in [0.3, 0.4) is 0 Å². The van der Waals surface area contributed by atoms with Gasteiger partial charge in [-0.15, -0.1) is 0 Å². The van der Waals surface area contributed by atoms with E-state index >= 15 is 0 Å². The minimum absolute atomic E-state index is 0.108. The van der Waals surface area contributed by atoms with E-state index in [2.05, 4.69) is 0 Å². The van der Waals surface area contributed by atoms with E-state index in [1.165, 1.54) is 32.3 Å². The van der Waals surface area contributed by atoms with E-state index in [-0.39, 0.29) is 28.9 Å². The van der Waals surface area contributed by atoms with Crippen LogP contribution in [0, 0.1) is 0 Å². The highest BCUT2D eigenvalue weighted by Gasteiger charge is 2.37. The molecule has 1 saturated heterocycles. The number of hydrogen-bond donors (Lipinski definition) is 0. The van der Waals surface area contributed by atoms with Crippen LogP contribution < -0.4 is 10.2 Å². The number of ether oxygens (including phenoxy) is 1. The Balaban J connectivity index is 1.83. The Labute approximate surface area is 127 Å². The van der Waals surface area contributed by atoms with Gasteiger partial charge in [0, 0.05) is 29.7 Å². The SMILES string of the molecule is COc1coc(C(=O)N2CCSC3CCCCC32)cc1=O. The Morgan fingerprint density at radius 3 is 3.00 bits per heavy atom. The molecule has 2 heterocycles. The number of hydrogen-bond acceptors (Lipinski definition) is 5. The predicted molar refractivity (Wildman–Crippen MR) is 81.1 cm³/mol. The quantitative estimate of drug-likeness (QED) is 0.838. The molecule has 5 nitrogen and oxygen atoms in total. The number of methoxy groups -OCH3 is 1. The Bertz CT molecular complexity index is 583. The molecule has 1 aliphatic carbocycles. The second kappa shape index (κ2) is 6.13. The lowest BCUT2D eigenvalue weighted by Gasteiger charge is -2.43. The van der Waals surface area contributed by atoms with E-state index in [1.54, 1.807) is 0 Å². The summed E-state index contributed by atoms with van der Waals surface area (Å²) < 4.78 is 10.2. The van der Waals surface area contributed by atoms with Gasteiger partial charge in [-0.3, -0.25) is 9.59 Å². The molecule has 0 radical (unpaired) electrons. The van der Waals surface area contributed by atoms with E-state index in [1.807, 2.05) is 16.7 Å². The molecule has 2 unspecified atom stereocenters. The Morgan fingerprint density at radius 2 is 2.24 bits per heavy atom. The molecule has 114 valence electrons. The first-order valence-electron chi connectivity index (χ1n) is 7.30. The predicted octanol–water partition coefficient (Wildman–Crippen LogP) is 2.15. The van der Waals surface area contributed by atoms with Crippen LogP contribution in [0.4, 0.5) is 0 Å². The van der Waals surface area contributed by atoms with Crippen molar-refractivity contribution >= 4 is 17.7 Å². The third-order valence-electron chi connectivity index (χ3n) is 4.22. The molecule has 21 heavy (non-hydrogen) atoms. The summed E-state index contributed by atoms with van der Waals surface area (Å²) in [5, 5.41) is 0.529. The molecular weight excluding hydrogens is 290 g/mol. The van der Waals surface area contributed by atoms with E-state index < -0.39 is 0 Å². The van der Waals surface area contributed by atoms with Gasteiger partial charge in [-0.05, 0) is 12.8 Å². The molecule has 1 amide bonds. The lowest BCUT2D eigenvalue weighted by atomic mass is 9.93. The van der Waals surface area contributed by atoms with E-state index in [4.69, 9.17) is 9.15 Å². The zero-order valence-corrected chi connectivity index (χ0v) is 12.9. The topological polar surface area (TPSA) is 59.8 Å². The number of rotatable bonds is 2. The fourth-order valence-corrected chi connectivity index (χ4v) is 4.59. The van der Waals surface area contributed by atoms with Crippen molar-refractivity contribution in [2.45, 2.75) is 37.0 Å². The van der Waals surface area contributed by atoms with Crippen molar-refractivity contribution in [1.82, 2.24) is 4.90 Å². The second-order valence-electron chi connectivity index (χ2n) is 5.44. The molecule has 0 bridgehead atoms. The molecule has 1 saturated carbocycles. The highest BCUT2D eigenvalue weighted by molar-refractivity contribution is 8.00. The van der Waals surface area contributed by atoms with Crippen molar-refractivity contribution in [1.29, 1.82) is 0 Å². The van der Waals surface area contributed by atoms with Gasteiger partial charge in [0.1, 0.15) is 6.26 Å². The molecule has 6 heteroatoms. The maximum atomic E-state index is 12.6. The first-order chi connectivity index (χ1) is 10.2. The summed E-state index contributed by atoms with van der Waals surface area (Å²) in [4.78, 5) is 26.3. The number of carbonyl (C=O) groups excluding carboxylic acids is 1. The second-order valence-corrected chi connectivity index (χ2v) is 6.78. The van der Waals surface area contributed by atoms with Gasteiger partial charge in [0.25, 0.3) is 5.91 Å². The van der Waals surface area contributed by atoms with Gasteiger partial charge in [0.15, 0.2) is 5.76 Å². The van der Waals surface area contributed by atoms with Gasteiger partial charge in [0.2, 0.25) is 11.2 Å². The number of thioether (sulfide) groups is 1. The van der Waals surface area contributed by atoms with Crippen LogP contribution in [0.25, 0.3) is 0 Å². The summed E-state index contributed by atoms with van der Waals surface area (Å²) in [7, 11) is 1.40. The standard InChI is InChI=1S/C15H19NO4S/c1-19-13-9-20-12(8-11(13)17)15(18)16-6-7-21-14-5-3-2-4-10(14)16/h8-10,14H,2-7H2,1H3. The summed E-state index contributed by atoms with van der Waals surface area (Å²) in [6, 6.07) is 1.51. The van der Waals surface area contributed by atoms with Crippen molar-refractivity contribution in [3.8, 4) is 5.75 Å². The first-order valence-corrected chi connectivity index (χ1v) is 8.35. The molecule has 1 aromatic rings. The zero-order chi connectivity index (χ0) is 14.8. The number of carbonyl (C=O) groups is 1. The monoisotopic (exact) mass is 309 g/mol. The highest BCUT2D eigenvalue weighted by atomic mass is 32.2. The molecule has 0 N–H and O–H groups in total. The normalized spacial score (nSPS) is 25.3. The molecule has 1 aliphatic heterocycles. The summed E-state index contributed by atoms with van der Waals surface area (Å²) >= 11 is 1.97. The summed E-state index contributed by atoms with van der Waals surface area (Å²) in [5.41, 5.74) is -0.321. The maximum Gasteiger partial charge on any atom is 0.290 e. The molecular formula is C15H19NO4S. The van der Waals surface area contributed by atoms with Gasteiger partial charge < -0.3 is 14.1 Å². The minimum atomic E-state index is -0.321. The van der Waals surface area contributed by atoms with Crippen molar-refractivity contribution in [3.05, 3.63) is 28.3 Å². The summed E-state index contributed by atoms with van der Waals surface area (Å²) in [6.07, 6.45) is 5.84. The molecule has 0 aromatic carbocycles. The van der Waals surface area contributed by atoms with Gasteiger partial charge in [-0.25, -0.2) is 0 Å². The molecule has 2 atom stereocenters. The molecule has 2 fully saturated rings. The van der Waals surface area contributed by atoms with E-state index in [0.29, 0.717) is 5.25 Å². The molecule has 0 spiro atoms. The Hall–Kier alpha value is -1.43. The first kappa shape index (κ1) is 14.5. The fraction of sp³-hybridized carbons (Fsp3) is 0.600. The molecule has 3 rings (SSSR count). The van der Waals surface area contributed by atoms with Gasteiger partial charge in [-0.2, -0.15) is 11.8 Å². The lowest BCUT2D eigenvalue weighted by molar-refractivity contribution is 0.0610. The fourth-order valence-electron chi connectivity index (χ4n) is 3.15. The summed E-state index contributed by atoms with van der Waals surface area (Å²) in [5.74, 6) is 1.01. The maximum absolute atomic E-state index is 12.6. The largest absolute Gasteiger partial charge is 0.490 e. The van der Waals surface area contributed by atoms with Crippen LogP contribution >= 0.6 is 11.8 Å². The van der Waals surface area contributed by atoms with E-state index in [9.17, 15) is 9.59 Å². The van der Waals surface area contributed by atoms with Crippen molar-refractivity contribution in [3.63, 3.8) is 0 Å². The number of nitrogens with zero attached hydrogens (tertiary/aromatic N) is 1. The lowest BCUT2D eigenvalue weighted by Crippen LogP contribution is -2.51. The smallest absolute Gasteiger partial charge is 0.290 e. The van der Waals surface area contributed by atoms with Gasteiger partial charge >= 0.3 is 0 Å². The minimum Gasteiger partial charge on any atom is -0.490 e. The van der Waals surface area contributed by atoms with Crippen LogP contribution in [-0.2, 0) is 0 Å². The van der Waals surface area contributed by atoms with Crippen LogP contribution in [0.5, 0.6) is 5.75 Å². The average Bonchev–Trinajstić information content (AvgIpc) is 2.53. The van der Waals surface area contributed by atoms with Crippen LogP contribution in [0.15, 0.2) is 21.5 Å². The molecule has 2 aliphatic rings. The third kappa shape index (κ3) is 2.81. The van der Waals surface area contributed by atoms with Gasteiger partial charge in [0.05, 0.1) is 7.11 Å². The summed E-state index contributed by atoms with van der Waals surface area (Å²) in [6.45, 7) is 0.723. The van der Waals surface area contributed by atoms with E-state index in [0.717, 1.165) is 25.1 Å². The van der Waals surface area contributed by atoms with Crippen molar-refractivity contribution in [2.75, 3.05) is 19.4 Å². The average molecular weight is 309 g/mol. The number of amides is 1. The Morgan fingerprint density at radius 1 is 1.43 bits per heavy atom. The molecule has 1 aromatic heterocycles. The third-order valence-corrected chi connectivity index (χ3v) is 5.62. The van der Waals surface area contributed by atoms with Gasteiger partial charge in [-0.1, -0.05) is 12.8 Å².